The molecule has 0 saturated carbocycles. The van der Waals surface area contributed by atoms with Crippen LogP contribution >= 0.6 is 0 Å². The number of aromatic nitrogens is 2. The lowest BCUT2D eigenvalue weighted by molar-refractivity contribution is 0.600. The smallest absolute Gasteiger partial charge is 0.237 e. The monoisotopic (exact) mass is 279 g/mol. The Bertz CT molecular complexity index is 648. The van der Waals surface area contributed by atoms with Gasteiger partial charge in [-0.25, -0.2) is 8.42 Å². The van der Waals surface area contributed by atoms with Crippen LogP contribution in [0.15, 0.2) is 36.5 Å². The van der Waals surface area contributed by atoms with Crippen molar-refractivity contribution in [2.75, 3.05) is 4.72 Å². The first kappa shape index (κ1) is 13.6. The molecule has 0 atom stereocenters. The first-order valence-corrected chi connectivity index (χ1v) is 7.74. The van der Waals surface area contributed by atoms with Gasteiger partial charge in [-0.3, -0.25) is 9.40 Å². The van der Waals surface area contributed by atoms with Crippen LogP contribution in [0.25, 0.3) is 0 Å². The third kappa shape index (κ3) is 3.35. The molecule has 0 saturated heterocycles. The number of sulfonamides is 1. The summed E-state index contributed by atoms with van der Waals surface area (Å²) < 4.78 is 28.5. The van der Waals surface area contributed by atoms with E-state index in [0.29, 0.717) is 12.2 Å². The summed E-state index contributed by atoms with van der Waals surface area (Å²) in [6.07, 6.45) is 1.54. The molecule has 0 aliphatic rings. The van der Waals surface area contributed by atoms with E-state index in [-0.39, 0.29) is 5.75 Å². The van der Waals surface area contributed by atoms with Crippen molar-refractivity contribution in [1.82, 2.24) is 9.78 Å². The van der Waals surface area contributed by atoms with Gasteiger partial charge in [0.1, 0.15) is 0 Å². The van der Waals surface area contributed by atoms with E-state index in [1.54, 1.807) is 23.0 Å². The number of hydrogen-bond donors (Lipinski definition) is 1. The van der Waals surface area contributed by atoms with Crippen molar-refractivity contribution in [3.05, 3.63) is 47.8 Å². The highest BCUT2D eigenvalue weighted by molar-refractivity contribution is 7.91. The second kappa shape index (κ2) is 5.44. The molecular formula is C13H17N3O2S. The molecule has 0 radical (unpaired) electrons. The summed E-state index contributed by atoms with van der Waals surface area (Å²) in [5.74, 6) is -0.0371. The number of nitrogens with zero attached hydrogens (tertiary/aromatic N) is 2. The molecule has 0 unspecified atom stereocenters. The molecule has 5 nitrogen and oxygen atoms in total. The summed E-state index contributed by atoms with van der Waals surface area (Å²) in [5.41, 5.74) is 2.12. The van der Waals surface area contributed by atoms with E-state index in [1.165, 1.54) is 0 Å². The second-order valence-electron chi connectivity index (χ2n) is 4.31. The van der Waals surface area contributed by atoms with Gasteiger partial charge in [0.15, 0.2) is 0 Å². The summed E-state index contributed by atoms with van der Waals surface area (Å²) in [7, 11) is -3.41. The maximum atomic E-state index is 12.1. The number of benzene rings is 1. The Hall–Kier alpha value is -1.82. The predicted molar refractivity (Wildman–Crippen MR) is 75.3 cm³/mol. The SMILES string of the molecule is CCn1ncc(NS(=O)(=O)Cc2ccccc2)c1C. The van der Waals surface area contributed by atoms with Crippen molar-refractivity contribution in [3.8, 4) is 0 Å². The summed E-state index contributed by atoms with van der Waals surface area (Å²) >= 11 is 0. The van der Waals surface area contributed by atoms with Crippen LogP contribution in [0.5, 0.6) is 0 Å². The lowest BCUT2D eigenvalue weighted by atomic mass is 10.2. The molecule has 6 heteroatoms. The Labute approximate surface area is 113 Å². The fraction of sp³-hybridized carbons (Fsp3) is 0.308. The largest absolute Gasteiger partial charge is 0.280 e. The van der Waals surface area contributed by atoms with Crippen LogP contribution < -0.4 is 4.72 Å². The van der Waals surface area contributed by atoms with E-state index in [1.807, 2.05) is 32.0 Å². The third-order valence-corrected chi connectivity index (χ3v) is 4.11. The van der Waals surface area contributed by atoms with Crippen LogP contribution in [0.2, 0.25) is 0 Å². The molecule has 19 heavy (non-hydrogen) atoms. The zero-order valence-corrected chi connectivity index (χ0v) is 11.8. The van der Waals surface area contributed by atoms with E-state index in [0.717, 1.165) is 11.3 Å². The number of aryl methyl sites for hydroxylation is 1. The minimum atomic E-state index is -3.41. The molecular weight excluding hydrogens is 262 g/mol. The van der Waals surface area contributed by atoms with Crippen molar-refractivity contribution >= 4 is 15.7 Å². The van der Waals surface area contributed by atoms with Crippen LogP contribution in [0, 0.1) is 6.92 Å². The van der Waals surface area contributed by atoms with Crippen LogP contribution in [-0.4, -0.2) is 18.2 Å². The van der Waals surface area contributed by atoms with Gasteiger partial charge in [-0.05, 0) is 19.4 Å². The van der Waals surface area contributed by atoms with Gasteiger partial charge in [0.2, 0.25) is 10.0 Å². The molecule has 0 aliphatic heterocycles. The third-order valence-electron chi connectivity index (χ3n) is 2.87. The predicted octanol–water partition coefficient (Wildman–Crippen LogP) is 2.15. The van der Waals surface area contributed by atoms with E-state index in [2.05, 4.69) is 9.82 Å². The van der Waals surface area contributed by atoms with Gasteiger partial charge in [-0.15, -0.1) is 0 Å². The Kier molecular flexibility index (Phi) is 3.90. The average molecular weight is 279 g/mol. The van der Waals surface area contributed by atoms with Crippen LogP contribution in [0.1, 0.15) is 18.2 Å². The van der Waals surface area contributed by atoms with E-state index in [9.17, 15) is 8.42 Å². The highest BCUT2D eigenvalue weighted by Gasteiger charge is 2.15. The van der Waals surface area contributed by atoms with Crippen LogP contribution in [0.4, 0.5) is 5.69 Å². The van der Waals surface area contributed by atoms with Crippen molar-refractivity contribution in [2.45, 2.75) is 26.1 Å². The molecule has 1 aromatic heterocycles. The highest BCUT2D eigenvalue weighted by atomic mass is 32.2. The van der Waals surface area contributed by atoms with Gasteiger partial charge in [0.25, 0.3) is 0 Å². The fourth-order valence-electron chi connectivity index (χ4n) is 1.86. The lowest BCUT2D eigenvalue weighted by Gasteiger charge is -2.07. The fourth-order valence-corrected chi connectivity index (χ4v) is 3.10. The molecule has 0 aliphatic carbocycles. The van der Waals surface area contributed by atoms with Gasteiger partial charge < -0.3 is 0 Å². The number of nitrogens with one attached hydrogen (secondary N) is 1. The quantitative estimate of drug-likeness (QED) is 0.912. The van der Waals surface area contributed by atoms with Gasteiger partial charge in [-0.1, -0.05) is 30.3 Å². The molecule has 0 bridgehead atoms. The van der Waals surface area contributed by atoms with Crippen molar-refractivity contribution < 1.29 is 8.42 Å². The number of rotatable bonds is 5. The number of hydrogen-bond acceptors (Lipinski definition) is 3. The Morgan fingerprint density at radius 3 is 2.53 bits per heavy atom. The summed E-state index contributed by atoms with van der Waals surface area (Å²) in [5, 5.41) is 4.12. The number of anilines is 1. The van der Waals surface area contributed by atoms with Gasteiger partial charge >= 0.3 is 0 Å². The first-order valence-electron chi connectivity index (χ1n) is 6.08. The van der Waals surface area contributed by atoms with E-state index in [4.69, 9.17) is 0 Å². The molecule has 2 rings (SSSR count). The Morgan fingerprint density at radius 2 is 1.95 bits per heavy atom. The second-order valence-corrected chi connectivity index (χ2v) is 6.03. The summed E-state index contributed by atoms with van der Waals surface area (Å²) in [6, 6.07) is 9.10. The van der Waals surface area contributed by atoms with Crippen LogP contribution in [-0.2, 0) is 22.3 Å². The molecule has 102 valence electrons. The van der Waals surface area contributed by atoms with Gasteiger partial charge in [0, 0.05) is 6.54 Å². The normalized spacial score (nSPS) is 11.5. The van der Waals surface area contributed by atoms with Gasteiger partial charge in [0.05, 0.1) is 23.3 Å². The van der Waals surface area contributed by atoms with Crippen LogP contribution in [0.3, 0.4) is 0 Å². The zero-order chi connectivity index (χ0) is 13.9. The summed E-state index contributed by atoms with van der Waals surface area (Å²) in [4.78, 5) is 0. The Balaban J connectivity index is 2.15. The Morgan fingerprint density at radius 1 is 1.26 bits per heavy atom. The van der Waals surface area contributed by atoms with Crippen molar-refractivity contribution in [3.63, 3.8) is 0 Å². The molecule has 0 amide bonds. The topological polar surface area (TPSA) is 64.0 Å². The molecule has 1 heterocycles. The first-order chi connectivity index (χ1) is 9.02. The van der Waals surface area contributed by atoms with Crippen molar-refractivity contribution in [1.29, 1.82) is 0 Å². The standard InChI is InChI=1S/C13H17N3O2S/c1-3-16-11(2)13(9-14-16)15-19(17,18)10-12-7-5-4-6-8-12/h4-9,15H,3,10H2,1-2H3. The lowest BCUT2D eigenvalue weighted by Crippen LogP contribution is -2.15. The average Bonchev–Trinajstić information content (AvgIpc) is 2.70. The molecule has 0 fully saturated rings. The van der Waals surface area contributed by atoms with E-state index >= 15 is 0 Å². The van der Waals surface area contributed by atoms with Crippen molar-refractivity contribution in [2.24, 2.45) is 0 Å². The van der Waals surface area contributed by atoms with Gasteiger partial charge in [-0.2, -0.15) is 5.10 Å². The molecule has 1 aromatic carbocycles. The highest BCUT2D eigenvalue weighted by Crippen LogP contribution is 2.17. The maximum Gasteiger partial charge on any atom is 0.237 e. The molecule has 1 N–H and O–H groups in total. The van der Waals surface area contributed by atoms with E-state index < -0.39 is 10.0 Å². The maximum absolute atomic E-state index is 12.1. The molecule has 0 spiro atoms. The minimum Gasteiger partial charge on any atom is -0.280 e. The minimum absolute atomic E-state index is 0.0371. The molecule has 2 aromatic rings. The zero-order valence-electron chi connectivity index (χ0n) is 11.0. The summed E-state index contributed by atoms with van der Waals surface area (Å²) in [6.45, 7) is 4.52.